The number of rotatable bonds is 3. The number of nitrogens with one attached hydrogen (secondary N) is 1. The smallest absolute Gasteiger partial charge is 0.172 e. The Kier molecular flexibility index (Phi) is 4.78. The van der Waals surface area contributed by atoms with E-state index in [-0.39, 0.29) is 17.6 Å². The van der Waals surface area contributed by atoms with Crippen molar-refractivity contribution in [1.29, 1.82) is 0 Å². The maximum absolute atomic E-state index is 13.1. The third-order valence-corrected chi connectivity index (χ3v) is 6.56. The van der Waals surface area contributed by atoms with Crippen molar-refractivity contribution < 1.29 is 14.6 Å². The lowest BCUT2D eigenvalue weighted by molar-refractivity contribution is -0.116. The molecule has 3 aromatic carbocycles. The third-order valence-electron chi connectivity index (χ3n) is 5.96. The van der Waals surface area contributed by atoms with Gasteiger partial charge >= 0.3 is 0 Å². The van der Waals surface area contributed by atoms with Gasteiger partial charge in [0.25, 0.3) is 0 Å². The van der Waals surface area contributed by atoms with Gasteiger partial charge in [-0.3, -0.25) is 4.79 Å². The van der Waals surface area contributed by atoms with Crippen molar-refractivity contribution in [1.82, 2.24) is 0 Å². The molecule has 152 valence electrons. The zero-order chi connectivity index (χ0) is 20.8. The highest BCUT2D eigenvalue weighted by atomic mass is 79.9. The fourth-order valence-electron chi connectivity index (χ4n) is 4.68. The van der Waals surface area contributed by atoms with E-state index in [0.29, 0.717) is 23.2 Å². The van der Waals surface area contributed by atoms with E-state index >= 15 is 0 Å². The molecule has 2 N–H and O–H groups in total. The highest BCUT2D eigenvalue weighted by Crippen LogP contribution is 2.49. The Labute approximate surface area is 183 Å². The summed E-state index contributed by atoms with van der Waals surface area (Å²) < 4.78 is 6.19. The number of benzene rings is 3. The molecule has 30 heavy (non-hydrogen) atoms. The summed E-state index contributed by atoms with van der Waals surface area (Å²) in [6.45, 7) is 2.33. The summed E-state index contributed by atoms with van der Waals surface area (Å²) in [5, 5.41) is 16.3. The number of phenols is 1. The normalized spacial score (nSPS) is 18.1. The molecule has 0 amide bonds. The predicted molar refractivity (Wildman–Crippen MR) is 123 cm³/mol. The number of allylic oxidation sites excluding steroid dienone is 1. The summed E-state index contributed by atoms with van der Waals surface area (Å²) in [4.78, 5) is 13.1. The molecule has 5 heteroatoms. The Bertz CT molecular complexity index is 1210. The van der Waals surface area contributed by atoms with Crippen LogP contribution in [-0.4, -0.2) is 17.5 Å². The largest absolute Gasteiger partial charge is 0.503 e. The van der Waals surface area contributed by atoms with Gasteiger partial charge < -0.3 is 15.2 Å². The summed E-state index contributed by atoms with van der Waals surface area (Å²) in [5.41, 5.74) is 5.06. The van der Waals surface area contributed by atoms with Gasteiger partial charge in [-0.25, -0.2) is 0 Å². The monoisotopic (exact) mass is 463 g/mol. The average molecular weight is 464 g/mol. The van der Waals surface area contributed by atoms with E-state index in [1.54, 1.807) is 0 Å². The van der Waals surface area contributed by atoms with Gasteiger partial charge in [-0.15, -0.1) is 0 Å². The van der Waals surface area contributed by atoms with Crippen molar-refractivity contribution >= 4 is 43.7 Å². The number of carbonyl (C=O) groups is 1. The minimum atomic E-state index is -0.280. The van der Waals surface area contributed by atoms with Crippen LogP contribution in [0.2, 0.25) is 0 Å². The van der Waals surface area contributed by atoms with E-state index < -0.39 is 0 Å². The average Bonchev–Trinajstić information content (AvgIpc) is 2.76. The molecule has 4 nitrogen and oxygen atoms in total. The number of hydrogen-bond acceptors (Lipinski definition) is 4. The first kappa shape index (κ1) is 19.2. The second-order valence-corrected chi connectivity index (χ2v) is 8.59. The second kappa shape index (κ2) is 7.47. The van der Waals surface area contributed by atoms with Crippen molar-refractivity contribution in [3.63, 3.8) is 0 Å². The van der Waals surface area contributed by atoms with Gasteiger partial charge in [0.2, 0.25) is 0 Å². The van der Waals surface area contributed by atoms with Crippen LogP contribution in [-0.2, 0) is 4.79 Å². The van der Waals surface area contributed by atoms with E-state index in [2.05, 4.69) is 45.5 Å². The Morgan fingerprint density at radius 1 is 1.17 bits per heavy atom. The summed E-state index contributed by atoms with van der Waals surface area (Å²) in [7, 11) is 0. The molecule has 0 fully saturated rings. The number of ether oxygens (including phenoxy) is 1. The van der Waals surface area contributed by atoms with Gasteiger partial charge in [0.1, 0.15) is 0 Å². The third kappa shape index (κ3) is 3.00. The van der Waals surface area contributed by atoms with Crippen LogP contribution < -0.4 is 10.1 Å². The fraction of sp³-hybridized carbons (Fsp3) is 0.240. The van der Waals surface area contributed by atoms with E-state index in [1.165, 1.54) is 10.8 Å². The van der Waals surface area contributed by atoms with E-state index in [4.69, 9.17) is 4.74 Å². The van der Waals surface area contributed by atoms with Crippen LogP contribution in [0.4, 0.5) is 5.69 Å². The van der Waals surface area contributed by atoms with Crippen LogP contribution >= 0.6 is 15.9 Å². The second-order valence-electron chi connectivity index (χ2n) is 7.74. The van der Waals surface area contributed by atoms with Crippen molar-refractivity contribution in [2.45, 2.75) is 32.2 Å². The van der Waals surface area contributed by atoms with Gasteiger partial charge in [-0.1, -0.05) is 30.3 Å². The number of fused-ring (bicyclic) bond motifs is 4. The molecule has 0 aromatic heterocycles. The SMILES string of the molecule is CCOc1cc(C2Nc3ccc4ccccc4c3C3=C2C(=O)CCC3)cc(Br)c1O. The Morgan fingerprint density at radius 2 is 2.00 bits per heavy atom. The molecule has 0 saturated heterocycles. The molecule has 0 bridgehead atoms. The van der Waals surface area contributed by atoms with Crippen LogP contribution in [0, 0.1) is 0 Å². The minimum absolute atomic E-state index is 0.0759. The summed E-state index contributed by atoms with van der Waals surface area (Å²) >= 11 is 3.44. The van der Waals surface area contributed by atoms with E-state index in [0.717, 1.165) is 40.8 Å². The maximum Gasteiger partial charge on any atom is 0.172 e. The minimum Gasteiger partial charge on any atom is -0.503 e. The molecular weight excluding hydrogens is 442 g/mol. The van der Waals surface area contributed by atoms with E-state index in [1.807, 2.05) is 31.2 Å². The Hall–Kier alpha value is -2.79. The maximum atomic E-state index is 13.1. The van der Waals surface area contributed by atoms with Crippen LogP contribution in [0.3, 0.4) is 0 Å². The molecule has 0 saturated carbocycles. The Morgan fingerprint density at radius 3 is 2.83 bits per heavy atom. The van der Waals surface area contributed by atoms with Crippen molar-refractivity contribution in [2.24, 2.45) is 0 Å². The molecule has 1 aliphatic carbocycles. The quantitative estimate of drug-likeness (QED) is 0.472. The Balaban J connectivity index is 1.74. The number of halogens is 1. The van der Waals surface area contributed by atoms with E-state index in [9.17, 15) is 9.90 Å². The number of ketones is 1. The molecule has 0 radical (unpaired) electrons. The lowest BCUT2D eigenvalue weighted by atomic mass is 9.77. The van der Waals surface area contributed by atoms with Crippen molar-refractivity contribution in [3.05, 3.63) is 69.7 Å². The molecule has 5 rings (SSSR count). The predicted octanol–water partition coefficient (Wildman–Crippen LogP) is 6.38. The lowest BCUT2D eigenvalue weighted by Crippen LogP contribution is -2.27. The van der Waals surface area contributed by atoms with Crippen LogP contribution in [0.25, 0.3) is 16.3 Å². The van der Waals surface area contributed by atoms with Crippen molar-refractivity contribution in [2.75, 3.05) is 11.9 Å². The fourth-order valence-corrected chi connectivity index (χ4v) is 5.14. The zero-order valence-electron chi connectivity index (χ0n) is 16.7. The van der Waals surface area contributed by atoms with Gasteiger partial charge in [-0.05, 0) is 75.8 Å². The standard InChI is InChI=1S/C25H22BrNO3/c1-2-30-21-13-15(12-18(26)25(21)29)24-23-17(8-5-9-20(23)28)22-16-7-4-3-6-14(16)10-11-19(22)27-24/h3-4,6-7,10-13,24,27,29H,2,5,8-9H2,1H3. The number of Topliss-reactive ketones (excluding diaryl/α,β-unsaturated/α-hetero) is 1. The molecule has 1 aliphatic heterocycles. The molecular formula is C25H22BrNO3. The van der Waals surface area contributed by atoms with Crippen LogP contribution in [0.5, 0.6) is 11.5 Å². The van der Waals surface area contributed by atoms with Crippen molar-refractivity contribution in [3.8, 4) is 11.5 Å². The summed E-state index contributed by atoms with van der Waals surface area (Å²) in [6, 6.07) is 16.0. The first-order chi connectivity index (χ1) is 14.6. The first-order valence-electron chi connectivity index (χ1n) is 10.3. The summed E-state index contributed by atoms with van der Waals surface area (Å²) in [5.74, 6) is 0.680. The molecule has 1 atom stereocenters. The molecule has 0 spiro atoms. The number of hydrogen-bond donors (Lipinski definition) is 2. The molecule has 1 heterocycles. The number of aromatic hydroxyl groups is 1. The van der Waals surface area contributed by atoms with Crippen LogP contribution in [0.15, 0.2) is 58.6 Å². The highest BCUT2D eigenvalue weighted by Gasteiger charge is 2.35. The summed E-state index contributed by atoms with van der Waals surface area (Å²) in [6.07, 6.45) is 2.32. The topological polar surface area (TPSA) is 58.6 Å². The molecule has 2 aliphatic rings. The molecule has 3 aromatic rings. The lowest BCUT2D eigenvalue weighted by Gasteiger charge is -2.35. The molecule has 1 unspecified atom stereocenters. The number of anilines is 1. The zero-order valence-corrected chi connectivity index (χ0v) is 18.3. The van der Waals surface area contributed by atoms with Gasteiger partial charge in [0.15, 0.2) is 17.3 Å². The van der Waals surface area contributed by atoms with Crippen LogP contribution in [0.1, 0.15) is 43.4 Å². The highest BCUT2D eigenvalue weighted by molar-refractivity contribution is 9.10. The number of carbonyl (C=O) groups excluding carboxylic acids is 1. The van der Waals surface area contributed by atoms with Gasteiger partial charge in [0.05, 0.1) is 17.1 Å². The first-order valence-corrected chi connectivity index (χ1v) is 11.1. The number of phenolic OH excluding ortho intramolecular Hbond substituents is 1. The van der Waals surface area contributed by atoms with Gasteiger partial charge in [-0.2, -0.15) is 0 Å². The van der Waals surface area contributed by atoms with Gasteiger partial charge in [0, 0.05) is 23.2 Å².